The Morgan fingerprint density at radius 2 is 1.75 bits per heavy atom. The predicted octanol–water partition coefficient (Wildman–Crippen LogP) is 2.66. The van der Waals surface area contributed by atoms with Gasteiger partial charge in [0.1, 0.15) is 0 Å². The first-order valence-corrected chi connectivity index (χ1v) is 7.33. The van der Waals surface area contributed by atoms with Gasteiger partial charge in [-0.2, -0.15) is 0 Å². The highest BCUT2D eigenvalue weighted by Crippen LogP contribution is 2.30. The number of nitrogens with two attached hydrogens (primary N) is 1. The second kappa shape index (κ2) is 8.02. The molecule has 0 heterocycles. The van der Waals surface area contributed by atoms with Crippen molar-refractivity contribution in [1.29, 1.82) is 0 Å². The van der Waals surface area contributed by atoms with Crippen LogP contribution in [0.3, 0.4) is 0 Å². The Balaban J connectivity index is 2.83. The molecule has 0 aliphatic heterocycles. The normalized spacial score (nSPS) is 11.4. The maximum atomic E-state index is 12.6. The molecule has 0 spiro atoms. The maximum absolute atomic E-state index is 12.6. The van der Waals surface area contributed by atoms with Crippen molar-refractivity contribution in [2.75, 3.05) is 11.9 Å². The Labute approximate surface area is 121 Å². The fourth-order valence-corrected chi connectivity index (χ4v) is 2.56. The monoisotopic (exact) mass is 278 g/mol. The molecule has 0 radical (unpaired) electrons. The van der Waals surface area contributed by atoms with Gasteiger partial charge in [0, 0.05) is 12.2 Å². The van der Waals surface area contributed by atoms with E-state index in [0.29, 0.717) is 6.54 Å². The first kappa shape index (κ1) is 16.7. The van der Waals surface area contributed by atoms with Gasteiger partial charge in [0.25, 0.3) is 0 Å². The van der Waals surface area contributed by atoms with E-state index in [4.69, 9.17) is 10.8 Å². The van der Waals surface area contributed by atoms with Gasteiger partial charge in [0.15, 0.2) is 0 Å². The summed E-state index contributed by atoms with van der Waals surface area (Å²) in [5, 5.41) is 12.0. The molecule has 0 saturated heterocycles. The summed E-state index contributed by atoms with van der Waals surface area (Å²) in [5.74, 6) is 0.000415. The zero-order chi connectivity index (χ0) is 15.0. The van der Waals surface area contributed by atoms with Gasteiger partial charge in [-0.05, 0) is 30.5 Å². The second-order valence-electron chi connectivity index (χ2n) is 5.29. The zero-order valence-corrected chi connectivity index (χ0v) is 12.5. The van der Waals surface area contributed by atoms with Crippen LogP contribution in [0.15, 0.2) is 24.3 Å². The highest BCUT2D eigenvalue weighted by molar-refractivity contribution is 5.95. The van der Waals surface area contributed by atoms with E-state index in [0.717, 1.165) is 36.9 Å². The van der Waals surface area contributed by atoms with Crippen LogP contribution in [0.4, 0.5) is 5.69 Å². The molecule has 1 aromatic carbocycles. The Bertz CT molecular complexity index is 409. The van der Waals surface area contributed by atoms with Gasteiger partial charge in [-0.3, -0.25) is 4.79 Å². The van der Waals surface area contributed by atoms with Crippen LogP contribution in [-0.4, -0.2) is 17.6 Å². The third kappa shape index (κ3) is 4.05. The number of carbonyl (C=O) groups is 1. The van der Waals surface area contributed by atoms with E-state index in [9.17, 15) is 4.79 Å². The largest absolute Gasteiger partial charge is 0.392 e. The second-order valence-corrected chi connectivity index (χ2v) is 5.29. The summed E-state index contributed by atoms with van der Waals surface area (Å²) in [6, 6.07) is 7.23. The molecule has 4 heteroatoms. The molecule has 1 rings (SSSR count). The summed E-state index contributed by atoms with van der Waals surface area (Å²) in [7, 11) is 0. The van der Waals surface area contributed by atoms with Crippen molar-refractivity contribution in [3.63, 3.8) is 0 Å². The van der Waals surface area contributed by atoms with Crippen molar-refractivity contribution < 1.29 is 9.90 Å². The summed E-state index contributed by atoms with van der Waals surface area (Å²) in [5.41, 5.74) is 6.99. The molecule has 1 aromatic rings. The number of aliphatic hydroxyl groups is 1. The van der Waals surface area contributed by atoms with E-state index < -0.39 is 5.41 Å². The minimum Gasteiger partial charge on any atom is -0.392 e. The van der Waals surface area contributed by atoms with Gasteiger partial charge in [-0.25, -0.2) is 0 Å². The van der Waals surface area contributed by atoms with Crippen LogP contribution in [0.1, 0.15) is 45.1 Å². The summed E-state index contributed by atoms with van der Waals surface area (Å²) in [4.78, 5) is 12.6. The van der Waals surface area contributed by atoms with Crippen molar-refractivity contribution in [2.24, 2.45) is 11.1 Å². The molecule has 0 bridgehead atoms. The average molecular weight is 278 g/mol. The number of benzene rings is 1. The number of anilines is 1. The molecule has 4 nitrogen and oxygen atoms in total. The maximum Gasteiger partial charge on any atom is 0.231 e. The van der Waals surface area contributed by atoms with Crippen molar-refractivity contribution in [1.82, 2.24) is 0 Å². The molecule has 0 unspecified atom stereocenters. The molecule has 0 aliphatic rings. The highest BCUT2D eigenvalue weighted by Gasteiger charge is 2.35. The molecule has 0 aliphatic carbocycles. The van der Waals surface area contributed by atoms with Crippen LogP contribution in [0.2, 0.25) is 0 Å². The number of carbonyl (C=O) groups excluding carboxylic acids is 1. The van der Waals surface area contributed by atoms with Gasteiger partial charge < -0.3 is 16.2 Å². The van der Waals surface area contributed by atoms with Crippen LogP contribution < -0.4 is 11.1 Å². The minimum absolute atomic E-state index is 0.000415. The number of nitrogens with one attached hydrogen (secondary N) is 1. The van der Waals surface area contributed by atoms with E-state index in [1.54, 1.807) is 12.1 Å². The lowest BCUT2D eigenvalue weighted by Crippen LogP contribution is -2.42. The Morgan fingerprint density at radius 1 is 1.20 bits per heavy atom. The Kier molecular flexibility index (Phi) is 6.68. The molecule has 20 heavy (non-hydrogen) atoms. The first-order valence-electron chi connectivity index (χ1n) is 7.33. The standard InChI is InChI=1S/C16H26N2O2/c1-3-9-16(12-17,10-4-2)15(20)18-14-7-5-13(11-19)6-8-14/h5-8,19H,3-4,9-12,17H2,1-2H3,(H,18,20). The van der Waals surface area contributed by atoms with Crippen molar-refractivity contribution >= 4 is 11.6 Å². The van der Waals surface area contributed by atoms with E-state index in [2.05, 4.69) is 19.2 Å². The lowest BCUT2D eigenvalue weighted by atomic mass is 9.78. The number of hydrogen-bond acceptors (Lipinski definition) is 3. The van der Waals surface area contributed by atoms with E-state index >= 15 is 0 Å². The molecular weight excluding hydrogens is 252 g/mol. The van der Waals surface area contributed by atoms with Crippen molar-refractivity contribution in [3.05, 3.63) is 29.8 Å². The van der Waals surface area contributed by atoms with Crippen LogP contribution >= 0.6 is 0 Å². The molecule has 0 fully saturated rings. The van der Waals surface area contributed by atoms with E-state index in [-0.39, 0.29) is 12.5 Å². The average Bonchev–Trinajstić information content (AvgIpc) is 2.47. The first-order chi connectivity index (χ1) is 9.61. The van der Waals surface area contributed by atoms with Crippen molar-refractivity contribution in [2.45, 2.75) is 46.1 Å². The quantitative estimate of drug-likeness (QED) is 0.684. The van der Waals surface area contributed by atoms with E-state index in [1.165, 1.54) is 0 Å². The smallest absolute Gasteiger partial charge is 0.231 e. The SMILES string of the molecule is CCCC(CN)(CCC)C(=O)Nc1ccc(CO)cc1. The molecule has 0 atom stereocenters. The summed E-state index contributed by atoms with van der Waals surface area (Å²) in [6.45, 7) is 4.52. The van der Waals surface area contributed by atoms with E-state index in [1.807, 2.05) is 12.1 Å². The van der Waals surface area contributed by atoms with Crippen LogP contribution in [0.25, 0.3) is 0 Å². The molecular formula is C16H26N2O2. The fourth-order valence-electron chi connectivity index (χ4n) is 2.56. The number of amides is 1. The third-order valence-electron chi connectivity index (χ3n) is 3.72. The van der Waals surface area contributed by atoms with Gasteiger partial charge in [-0.1, -0.05) is 38.8 Å². The lowest BCUT2D eigenvalue weighted by molar-refractivity contribution is -0.126. The van der Waals surface area contributed by atoms with Gasteiger partial charge >= 0.3 is 0 Å². The summed E-state index contributed by atoms with van der Waals surface area (Å²) < 4.78 is 0. The number of hydrogen-bond donors (Lipinski definition) is 3. The highest BCUT2D eigenvalue weighted by atomic mass is 16.3. The van der Waals surface area contributed by atoms with Crippen LogP contribution in [0.5, 0.6) is 0 Å². The van der Waals surface area contributed by atoms with Crippen LogP contribution in [-0.2, 0) is 11.4 Å². The third-order valence-corrected chi connectivity index (χ3v) is 3.72. The summed E-state index contributed by atoms with van der Waals surface area (Å²) in [6.07, 6.45) is 3.48. The van der Waals surface area contributed by atoms with Gasteiger partial charge in [-0.15, -0.1) is 0 Å². The zero-order valence-electron chi connectivity index (χ0n) is 12.5. The fraction of sp³-hybridized carbons (Fsp3) is 0.562. The topological polar surface area (TPSA) is 75.4 Å². The number of aliphatic hydroxyl groups excluding tert-OH is 1. The minimum atomic E-state index is -0.473. The molecule has 4 N–H and O–H groups in total. The van der Waals surface area contributed by atoms with Crippen molar-refractivity contribution in [3.8, 4) is 0 Å². The summed E-state index contributed by atoms with van der Waals surface area (Å²) >= 11 is 0. The predicted molar refractivity (Wildman–Crippen MR) is 82.3 cm³/mol. The Hall–Kier alpha value is -1.39. The molecule has 1 amide bonds. The Morgan fingerprint density at radius 3 is 2.15 bits per heavy atom. The van der Waals surface area contributed by atoms with Gasteiger partial charge in [0.05, 0.1) is 12.0 Å². The molecule has 112 valence electrons. The van der Waals surface area contributed by atoms with Crippen LogP contribution in [0, 0.1) is 5.41 Å². The molecule has 0 saturated carbocycles. The van der Waals surface area contributed by atoms with Gasteiger partial charge in [0.2, 0.25) is 5.91 Å². The number of rotatable bonds is 8. The molecule has 0 aromatic heterocycles. The lowest BCUT2D eigenvalue weighted by Gasteiger charge is -2.30.